The molecule has 0 amide bonds. The summed E-state index contributed by atoms with van der Waals surface area (Å²) < 4.78 is 5.61. The molecule has 2 nitrogen and oxygen atoms in total. The zero-order chi connectivity index (χ0) is 13.2. The Hall–Kier alpha value is -1.38. The number of ether oxygens (including phenoxy) is 1. The van der Waals surface area contributed by atoms with Crippen molar-refractivity contribution < 1.29 is 9.84 Å². The van der Waals surface area contributed by atoms with Gasteiger partial charge in [-0.05, 0) is 43.2 Å². The lowest BCUT2D eigenvalue weighted by Crippen LogP contribution is -2.22. The number of benzene rings is 2. The molecule has 18 heavy (non-hydrogen) atoms. The van der Waals surface area contributed by atoms with E-state index in [1.165, 1.54) is 5.39 Å². The molecular weight excluding hydrogens is 224 g/mol. The summed E-state index contributed by atoms with van der Waals surface area (Å²) in [6.07, 6.45) is -0.575. The van der Waals surface area contributed by atoms with Crippen LogP contribution in [0.25, 0.3) is 10.8 Å². The predicted molar refractivity (Wildman–Crippen MR) is 74.6 cm³/mol. The first-order chi connectivity index (χ1) is 8.46. The molecule has 0 spiro atoms. The largest absolute Gasteiger partial charge is 0.386 e. The second-order valence-electron chi connectivity index (χ2n) is 5.55. The molecule has 0 aromatic heterocycles. The molecule has 2 aromatic carbocycles. The Kier molecular flexibility index (Phi) is 3.69. The maximum atomic E-state index is 10.1. The van der Waals surface area contributed by atoms with Crippen LogP contribution in [0, 0.1) is 0 Å². The third-order valence-electron chi connectivity index (χ3n) is 2.83. The van der Waals surface area contributed by atoms with Crippen molar-refractivity contribution in [1.29, 1.82) is 0 Å². The molecule has 2 rings (SSSR count). The molecule has 1 unspecified atom stereocenters. The summed E-state index contributed by atoms with van der Waals surface area (Å²) >= 11 is 0. The van der Waals surface area contributed by atoms with Gasteiger partial charge in [-0.15, -0.1) is 0 Å². The van der Waals surface area contributed by atoms with E-state index in [1.807, 2.05) is 51.1 Å². The Morgan fingerprint density at radius 2 is 1.72 bits per heavy atom. The molecule has 96 valence electrons. The van der Waals surface area contributed by atoms with Gasteiger partial charge in [0.25, 0.3) is 0 Å². The highest BCUT2D eigenvalue weighted by molar-refractivity contribution is 5.83. The van der Waals surface area contributed by atoms with Crippen molar-refractivity contribution in [3.8, 4) is 0 Å². The van der Waals surface area contributed by atoms with Gasteiger partial charge in [0.2, 0.25) is 0 Å². The minimum Gasteiger partial charge on any atom is -0.386 e. The molecule has 1 N–H and O–H groups in total. The van der Waals surface area contributed by atoms with E-state index in [2.05, 4.69) is 12.1 Å². The van der Waals surface area contributed by atoms with Gasteiger partial charge in [-0.3, -0.25) is 0 Å². The van der Waals surface area contributed by atoms with E-state index in [9.17, 15) is 5.11 Å². The number of aliphatic hydroxyl groups is 1. The molecule has 0 aliphatic heterocycles. The van der Waals surface area contributed by atoms with Crippen molar-refractivity contribution in [1.82, 2.24) is 0 Å². The molecule has 0 bridgehead atoms. The summed E-state index contributed by atoms with van der Waals surface area (Å²) in [5.41, 5.74) is 0.677. The van der Waals surface area contributed by atoms with Gasteiger partial charge in [0.15, 0.2) is 0 Å². The Bertz CT molecular complexity index is 526. The molecule has 1 atom stereocenters. The molecule has 2 heteroatoms. The van der Waals surface area contributed by atoms with E-state index in [0.29, 0.717) is 6.61 Å². The van der Waals surface area contributed by atoms with Gasteiger partial charge in [-0.2, -0.15) is 0 Å². The lowest BCUT2D eigenvalue weighted by Gasteiger charge is -2.22. The number of hydrogen-bond donors (Lipinski definition) is 1. The SMILES string of the molecule is CC(C)(C)OCC(O)c1ccc2ccccc2c1. The van der Waals surface area contributed by atoms with Crippen molar-refractivity contribution in [3.63, 3.8) is 0 Å². The average molecular weight is 244 g/mol. The van der Waals surface area contributed by atoms with E-state index < -0.39 is 6.10 Å². The Morgan fingerprint density at radius 3 is 2.39 bits per heavy atom. The molecule has 0 saturated heterocycles. The Balaban J connectivity index is 2.15. The Labute approximate surface area is 108 Å². The van der Waals surface area contributed by atoms with Gasteiger partial charge in [0, 0.05) is 0 Å². The van der Waals surface area contributed by atoms with Crippen molar-refractivity contribution in [2.75, 3.05) is 6.61 Å². The van der Waals surface area contributed by atoms with Crippen molar-refractivity contribution in [2.24, 2.45) is 0 Å². The molecular formula is C16H20O2. The minimum atomic E-state index is -0.575. The summed E-state index contributed by atoms with van der Waals surface area (Å²) in [4.78, 5) is 0. The lowest BCUT2D eigenvalue weighted by molar-refractivity contribution is -0.0495. The van der Waals surface area contributed by atoms with Gasteiger partial charge in [0.1, 0.15) is 6.10 Å². The first-order valence-electron chi connectivity index (χ1n) is 6.26. The van der Waals surface area contributed by atoms with E-state index in [0.717, 1.165) is 10.9 Å². The van der Waals surface area contributed by atoms with E-state index >= 15 is 0 Å². The van der Waals surface area contributed by atoms with Gasteiger partial charge in [-0.1, -0.05) is 36.4 Å². The molecule has 0 saturated carbocycles. The maximum Gasteiger partial charge on any atom is 0.102 e. The Morgan fingerprint density at radius 1 is 1.06 bits per heavy atom. The minimum absolute atomic E-state index is 0.224. The first kappa shape index (κ1) is 13.1. The monoisotopic (exact) mass is 244 g/mol. The summed E-state index contributed by atoms with van der Waals surface area (Å²) in [5, 5.41) is 12.4. The highest BCUT2D eigenvalue weighted by Crippen LogP contribution is 2.21. The van der Waals surface area contributed by atoms with Gasteiger partial charge < -0.3 is 9.84 Å². The van der Waals surface area contributed by atoms with Crippen LogP contribution in [-0.2, 0) is 4.74 Å². The van der Waals surface area contributed by atoms with E-state index in [1.54, 1.807) is 0 Å². The van der Waals surface area contributed by atoms with Crippen LogP contribution in [0.4, 0.5) is 0 Å². The van der Waals surface area contributed by atoms with Gasteiger partial charge >= 0.3 is 0 Å². The summed E-state index contributed by atoms with van der Waals surface area (Å²) in [7, 11) is 0. The van der Waals surface area contributed by atoms with Crippen LogP contribution in [0.2, 0.25) is 0 Å². The fourth-order valence-corrected chi connectivity index (χ4v) is 1.84. The maximum absolute atomic E-state index is 10.1. The highest BCUT2D eigenvalue weighted by atomic mass is 16.5. The first-order valence-corrected chi connectivity index (χ1v) is 6.26. The van der Waals surface area contributed by atoms with Crippen molar-refractivity contribution in [2.45, 2.75) is 32.5 Å². The van der Waals surface area contributed by atoms with Crippen LogP contribution in [-0.4, -0.2) is 17.3 Å². The lowest BCUT2D eigenvalue weighted by atomic mass is 10.0. The smallest absolute Gasteiger partial charge is 0.102 e. The molecule has 0 aliphatic rings. The molecule has 2 aromatic rings. The normalized spacial score (nSPS) is 13.8. The second kappa shape index (κ2) is 5.09. The number of aliphatic hydroxyl groups excluding tert-OH is 1. The van der Waals surface area contributed by atoms with Gasteiger partial charge in [-0.25, -0.2) is 0 Å². The molecule has 0 heterocycles. The van der Waals surface area contributed by atoms with Gasteiger partial charge in [0.05, 0.1) is 12.2 Å². The van der Waals surface area contributed by atoms with Crippen LogP contribution in [0.1, 0.15) is 32.4 Å². The molecule has 0 fully saturated rings. The van der Waals surface area contributed by atoms with Crippen LogP contribution >= 0.6 is 0 Å². The molecule has 0 aliphatic carbocycles. The van der Waals surface area contributed by atoms with Crippen LogP contribution in [0.15, 0.2) is 42.5 Å². The van der Waals surface area contributed by atoms with E-state index in [-0.39, 0.29) is 5.60 Å². The van der Waals surface area contributed by atoms with Crippen molar-refractivity contribution in [3.05, 3.63) is 48.0 Å². The molecule has 0 radical (unpaired) electrons. The summed E-state index contributed by atoms with van der Waals surface area (Å²) in [6.45, 7) is 6.28. The third-order valence-corrected chi connectivity index (χ3v) is 2.83. The number of fused-ring (bicyclic) bond motifs is 1. The number of hydrogen-bond acceptors (Lipinski definition) is 2. The zero-order valence-electron chi connectivity index (χ0n) is 11.2. The zero-order valence-corrected chi connectivity index (χ0v) is 11.2. The second-order valence-corrected chi connectivity index (χ2v) is 5.55. The highest BCUT2D eigenvalue weighted by Gasteiger charge is 2.15. The fourth-order valence-electron chi connectivity index (χ4n) is 1.84. The standard InChI is InChI=1S/C16H20O2/c1-16(2,3)18-11-15(17)14-9-8-12-6-4-5-7-13(12)10-14/h4-10,15,17H,11H2,1-3H3. The number of rotatable bonds is 3. The fraction of sp³-hybridized carbons (Fsp3) is 0.375. The van der Waals surface area contributed by atoms with E-state index in [4.69, 9.17) is 4.74 Å². The van der Waals surface area contributed by atoms with Crippen LogP contribution < -0.4 is 0 Å². The topological polar surface area (TPSA) is 29.5 Å². The summed E-state index contributed by atoms with van der Waals surface area (Å²) in [5.74, 6) is 0. The van der Waals surface area contributed by atoms with Crippen molar-refractivity contribution >= 4 is 10.8 Å². The quantitative estimate of drug-likeness (QED) is 0.892. The summed E-state index contributed by atoms with van der Waals surface area (Å²) in [6, 6.07) is 14.1. The predicted octanol–water partition coefficient (Wildman–Crippen LogP) is 3.69. The third kappa shape index (κ3) is 3.31. The van der Waals surface area contributed by atoms with Crippen LogP contribution in [0.3, 0.4) is 0 Å². The van der Waals surface area contributed by atoms with Crippen LogP contribution in [0.5, 0.6) is 0 Å². The average Bonchev–Trinajstić information content (AvgIpc) is 2.34.